The smallest absolute Gasteiger partial charge is 0.120 e. The van der Waals surface area contributed by atoms with Gasteiger partial charge in [0.15, 0.2) is 0 Å². The van der Waals surface area contributed by atoms with E-state index in [1.165, 1.54) is 54.0 Å². The first-order valence-corrected chi connectivity index (χ1v) is 11.6. The molecule has 1 aliphatic carbocycles. The molecule has 0 amide bonds. The molecule has 0 spiro atoms. The van der Waals surface area contributed by atoms with Crippen LogP contribution in [0.3, 0.4) is 0 Å². The average molecular weight is 399 g/mol. The number of aryl methyl sites for hydroxylation is 2. The van der Waals surface area contributed by atoms with Crippen molar-refractivity contribution in [1.82, 2.24) is 0 Å². The summed E-state index contributed by atoms with van der Waals surface area (Å²) in [5.41, 5.74) is 4.38. The molecule has 0 radical (unpaired) electrons. The Bertz CT molecular complexity index is 961. The molecule has 0 N–H and O–H groups in total. The first-order chi connectivity index (χ1) is 14.7. The van der Waals surface area contributed by atoms with Gasteiger partial charge in [0.2, 0.25) is 0 Å². The van der Waals surface area contributed by atoms with Crippen LogP contribution in [0.1, 0.15) is 61.6 Å². The fourth-order valence-electron chi connectivity index (χ4n) is 4.82. The van der Waals surface area contributed by atoms with Gasteiger partial charge in [-0.1, -0.05) is 74.5 Å². The van der Waals surface area contributed by atoms with E-state index >= 15 is 0 Å². The van der Waals surface area contributed by atoms with Crippen molar-refractivity contribution in [3.05, 3.63) is 90.0 Å². The van der Waals surface area contributed by atoms with Gasteiger partial charge >= 0.3 is 0 Å². The second kappa shape index (κ2) is 9.98. The quantitative estimate of drug-likeness (QED) is 0.351. The molecule has 0 saturated heterocycles. The van der Waals surface area contributed by atoms with E-state index in [9.17, 15) is 0 Å². The minimum Gasteiger partial charge on any atom is -0.490 e. The molecule has 0 unspecified atom stereocenters. The van der Waals surface area contributed by atoms with Crippen LogP contribution in [0.4, 0.5) is 0 Å². The number of rotatable bonds is 8. The molecule has 0 aliphatic heterocycles. The largest absolute Gasteiger partial charge is 0.490 e. The van der Waals surface area contributed by atoms with E-state index in [0.717, 1.165) is 30.4 Å². The Kier molecular flexibility index (Phi) is 6.89. The van der Waals surface area contributed by atoms with Crippen molar-refractivity contribution in [3.63, 3.8) is 0 Å². The van der Waals surface area contributed by atoms with E-state index in [1.54, 1.807) is 11.6 Å². The minimum absolute atomic E-state index is 0.544. The topological polar surface area (TPSA) is 9.23 Å². The lowest BCUT2D eigenvalue weighted by Crippen LogP contribution is -2.12. The minimum atomic E-state index is 0.544. The van der Waals surface area contributed by atoms with Gasteiger partial charge in [0.1, 0.15) is 12.4 Å². The molecular weight excluding hydrogens is 364 g/mol. The van der Waals surface area contributed by atoms with Gasteiger partial charge in [-0.2, -0.15) is 0 Å². The third kappa shape index (κ3) is 5.14. The van der Waals surface area contributed by atoms with E-state index in [-0.39, 0.29) is 0 Å². The van der Waals surface area contributed by atoms with Crippen LogP contribution < -0.4 is 4.74 Å². The zero-order valence-corrected chi connectivity index (χ0v) is 18.3. The Balaban J connectivity index is 1.35. The highest BCUT2D eigenvalue weighted by Gasteiger charge is 2.21. The molecule has 30 heavy (non-hydrogen) atoms. The summed E-state index contributed by atoms with van der Waals surface area (Å²) in [5.74, 6) is 2.65. The van der Waals surface area contributed by atoms with Gasteiger partial charge in [0.25, 0.3) is 0 Å². The van der Waals surface area contributed by atoms with Crippen molar-refractivity contribution in [2.75, 3.05) is 6.61 Å². The lowest BCUT2D eigenvalue weighted by Gasteiger charge is -2.28. The van der Waals surface area contributed by atoms with Crippen LogP contribution >= 0.6 is 0 Å². The summed E-state index contributed by atoms with van der Waals surface area (Å²) >= 11 is 0. The zero-order valence-electron chi connectivity index (χ0n) is 18.3. The molecule has 0 bridgehead atoms. The van der Waals surface area contributed by atoms with Crippen molar-refractivity contribution in [2.24, 2.45) is 5.92 Å². The first kappa shape index (κ1) is 20.7. The Morgan fingerprint density at radius 2 is 1.50 bits per heavy atom. The third-order valence-electron chi connectivity index (χ3n) is 6.82. The molecule has 1 nitrogen and oxygen atoms in total. The summed E-state index contributed by atoms with van der Waals surface area (Å²) in [7, 11) is 0. The molecule has 4 rings (SSSR count). The van der Waals surface area contributed by atoms with Gasteiger partial charge in [-0.25, -0.2) is 0 Å². The van der Waals surface area contributed by atoms with Gasteiger partial charge in [0, 0.05) is 0 Å². The summed E-state index contributed by atoms with van der Waals surface area (Å²) in [5, 5.41) is 2.50. The molecule has 1 fully saturated rings. The van der Waals surface area contributed by atoms with Crippen LogP contribution in [0, 0.1) is 5.92 Å². The second-order valence-electron chi connectivity index (χ2n) is 8.81. The fourth-order valence-corrected chi connectivity index (χ4v) is 4.82. The number of benzene rings is 3. The number of hydrogen-bond donors (Lipinski definition) is 0. The van der Waals surface area contributed by atoms with Crippen molar-refractivity contribution in [3.8, 4) is 5.75 Å². The van der Waals surface area contributed by atoms with Gasteiger partial charge in [-0.05, 0) is 90.0 Å². The van der Waals surface area contributed by atoms with Crippen LogP contribution in [0.2, 0.25) is 0 Å². The van der Waals surface area contributed by atoms with Crippen molar-refractivity contribution in [2.45, 2.75) is 57.8 Å². The average Bonchev–Trinajstić information content (AvgIpc) is 2.81. The van der Waals surface area contributed by atoms with Gasteiger partial charge in [-0.15, -0.1) is 0 Å². The van der Waals surface area contributed by atoms with Crippen molar-refractivity contribution >= 4 is 10.8 Å². The lowest BCUT2D eigenvalue weighted by molar-refractivity contribution is 0.319. The summed E-state index contributed by atoms with van der Waals surface area (Å²) in [6.07, 6.45) is 10.9. The lowest BCUT2D eigenvalue weighted by atomic mass is 9.78. The second-order valence-corrected chi connectivity index (χ2v) is 8.81. The van der Waals surface area contributed by atoms with E-state index in [4.69, 9.17) is 4.74 Å². The number of fused-ring (bicyclic) bond motifs is 1. The van der Waals surface area contributed by atoms with Crippen LogP contribution in [-0.2, 0) is 12.8 Å². The Labute approximate surface area is 181 Å². The number of ether oxygens (including phenoxy) is 1. The van der Waals surface area contributed by atoms with Crippen LogP contribution in [0.5, 0.6) is 5.75 Å². The molecule has 1 aliphatic rings. The highest BCUT2D eigenvalue weighted by atomic mass is 16.5. The molecule has 0 atom stereocenters. The molecule has 3 aromatic rings. The summed E-state index contributed by atoms with van der Waals surface area (Å²) < 4.78 is 5.65. The zero-order chi connectivity index (χ0) is 20.8. The summed E-state index contributed by atoms with van der Waals surface area (Å²) in [6, 6.07) is 22.6. The van der Waals surface area contributed by atoms with E-state index in [1.807, 2.05) is 6.07 Å². The van der Waals surface area contributed by atoms with Gasteiger partial charge in [-0.3, -0.25) is 0 Å². The highest BCUT2D eigenvalue weighted by molar-refractivity contribution is 5.84. The third-order valence-corrected chi connectivity index (χ3v) is 6.82. The maximum Gasteiger partial charge on any atom is 0.120 e. The number of hydrogen-bond acceptors (Lipinski definition) is 1. The molecule has 1 heteroatoms. The monoisotopic (exact) mass is 398 g/mol. The Hall–Kier alpha value is -2.54. The molecular formula is C29H34O. The Morgan fingerprint density at radius 3 is 2.23 bits per heavy atom. The van der Waals surface area contributed by atoms with Gasteiger partial charge < -0.3 is 4.74 Å². The molecule has 0 heterocycles. The molecule has 1 saturated carbocycles. The standard InChI is InChI=1S/C29H34O/c1-3-19-30-29-18-17-27-20-24(11-16-28(27)21-29)6-5-23-9-14-26(15-10-23)25-12-7-22(4-2)8-13-25/h3,9-11,14-18,20-22,25H,1,4-8,12-13,19H2,2H3. The van der Waals surface area contributed by atoms with Crippen molar-refractivity contribution in [1.29, 1.82) is 0 Å². The van der Waals surface area contributed by atoms with Crippen LogP contribution in [-0.4, -0.2) is 6.61 Å². The highest BCUT2D eigenvalue weighted by Crippen LogP contribution is 2.37. The predicted octanol–water partition coefficient (Wildman–Crippen LogP) is 7.87. The maximum absolute atomic E-state index is 5.65. The maximum atomic E-state index is 5.65. The van der Waals surface area contributed by atoms with Crippen LogP contribution in [0.25, 0.3) is 10.8 Å². The van der Waals surface area contributed by atoms with Crippen molar-refractivity contribution < 1.29 is 4.74 Å². The summed E-state index contributed by atoms with van der Waals surface area (Å²) in [4.78, 5) is 0. The van der Waals surface area contributed by atoms with E-state index < -0.39 is 0 Å². The Morgan fingerprint density at radius 1 is 0.833 bits per heavy atom. The van der Waals surface area contributed by atoms with Crippen LogP contribution in [0.15, 0.2) is 73.3 Å². The van der Waals surface area contributed by atoms with E-state index in [2.05, 4.69) is 68.1 Å². The molecule has 3 aromatic carbocycles. The van der Waals surface area contributed by atoms with Gasteiger partial charge in [0.05, 0.1) is 0 Å². The van der Waals surface area contributed by atoms with E-state index in [0.29, 0.717) is 6.61 Å². The normalized spacial score (nSPS) is 19.0. The summed E-state index contributed by atoms with van der Waals surface area (Å²) in [6.45, 7) is 6.59. The fraction of sp³-hybridized carbons (Fsp3) is 0.379. The molecule has 0 aromatic heterocycles. The SMILES string of the molecule is C=CCOc1ccc2cc(CCc3ccc(C4CCC(CC)CC4)cc3)ccc2c1. The molecule has 156 valence electrons. The predicted molar refractivity (Wildman–Crippen MR) is 128 cm³/mol. The first-order valence-electron chi connectivity index (χ1n) is 11.6.